The number of rotatable bonds is 3. The van der Waals surface area contributed by atoms with Gasteiger partial charge in [-0.25, -0.2) is 0 Å². The fraction of sp³-hybridized carbons (Fsp3) is 0.250. The average molecular weight is 214 g/mol. The van der Waals surface area contributed by atoms with Crippen molar-refractivity contribution >= 4 is 16.8 Å². The number of benzene rings is 1. The Morgan fingerprint density at radius 3 is 2.64 bits per heavy atom. The second kappa shape index (κ2) is 4.30. The zero-order chi connectivity index (χ0) is 10.7. The molecule has 0 aliphatic carbocycles. The van der Waals surface area contributed by atoms with Gasteiger partial charge in [0.15, 0.2) is 0 Å². The van der Waals surface area contributed by atoms with Gasteiger partial charge in [0, 0.05) is 17.4 Å². The molecule has 0 radical (unpaired) electrons. The van der Waals surface area contributed by atoms with Crippen molar-refractivity contribution in [1.82, 2.24) is 0 Å². The van der Waals surface area contributed by atoms with E-state index in [2.05, 4.69) is 0 Å². The molecule has 1 atom stereocenters. The molecule has 0 bridgehead atoms. The quantitative estimate of drug-likeness (QED) is 0.431. The summed E-state index contributed by atoms with van der Waals surface area (Å²) in [6.45, 7) is 1.61. The summed E-state index contributed by atoms with van der Waals surface area (Å²) in [6.07, 6.45) is 0. The molecule has 0 saturated heterocycles. The van der Waals surface area contributed by atoms with Gasteiger partial charge < -0.3 is 4.55 Å². The first kappa shape index (κ1) is 10.8. The molecular weight excluding hydrogens is 206 g/mol. The molecule has 0 spiro atoms. The maximum atomic E-state index is 10.5. The summed E-state index contributed by atoms with van der Waals surface area (Å²) in [5.74, 6) is -0.193. The molecule has 5 nitrogen and oxygen atoms in total. The van der Waals surface area contributed by atoms with E-state index in [-0.39, 0.29) is 11.4 Å². The van der Waals surface area contributed by atoms with Gasteiger partial charge in [-0.05, 0) is 12.5 Å². The minimum Gasteiger partial charge on any atom is -0.772 e. The highest BCUT2D eigenvalue weighted by Crippen LogP contribution is 2.19. The molecule has 1 rings (SSSR count). The number of aryl methyl sites for hydroxylation is 1. The second-order valence-electron chi connectivity index (χ2n) is 2.83. The first-order valence-electron chi connectivity index (χ1n) is 3.80. The van der Waals surface area contributed by atoms with Crippen LogP contribution in [-0.4, -0.2) is 13.7 Å². The van der Waals surface area contributed by atoms with Crippen molar-refractivity contribution in [3.63, 3.8) is 0 Å². The van der Waals surface area contributed by atoms with E-state index in [0.717, 1.165) is 0 Å². The highest BCUT2D eigenvalue weighted by Gasteiger charge is 2.10. The van der Waals surface area contributed by atoms with Crippen LogP contribution in [0.4, 0.5) is 5.69 Å². The predicted octanol–water partition coefficient (Wildman–Crippen LogP) is 1.28. The van der Waals surface area contributed by atoms with Gasteiger partial charge in [-0.2, -0.15) is 0 Å². The van der Waals surface area contributed by atoms with E-state index in [1.807, 2.05) is 0 Å². The molecule has 0 fully saturated rings. The van der Waals surface area contributed by atoms with Crippen molar-refractivity contribution in [3.05, 3.63) is 39.4 Å². The molecule has 0 aliphatic heterocycles. The Kier molecular flexibility index (Phi) is 3.32. The van der Waals surface area contributed by atoms with Gasteiger partial charge in [-0.1, -0.05) is 23.2 Å². The molecular formula is C8H8NO4S-. The van der Waals surface area contributed by atoms with E-state index in [0.29, 0.717) is 11.1 Å². The van der Waals surface area contributed by atoms with Gasteiger partial charge in [-0.15, -0.1) is 0 Å². The van der Waals surface area contributed by atoms with Gasteiger partial charge in [0.1, 0.15) is 0 Å². The van der Waals surface area contributed by atoms with Crippen LogP contribution < -0.4 is 0 Å². The topological polar surface area (TPSA) is 83.3 Å². The molecule has 1 aromatic carbocycles. The van der Waals surface area contributed by atoms with Crippen LogP contribution in [0.1, 0.15) is 11.1 Å². The first-order chi connectivity index (χ1) is 6.50. The third-order valence-electron chi connectivity index (χ3n) is 1.75. The van der Waals surface area contributed by atoms with E-state index in [1.165, 1.54) is 6.07 Å². The molecule has 0 amide bonds. The van der Waals surface area contributed by atoms with Crippen LogP contribution in [0.5, 0.6) is 0 Å². The van der Waals surface area contributed by atoms with Crippen molar-refractivity contribution in [2.45, 2.75) is 12.7 Å². The summed E-state index contributed by atoms with van der Waals surface area (Å²) < 4.78 is 20.7. The molecule has 14 heavy (non-hydrogen) atoms. The van der Waals surface area contributed by atoms with E-state index in [9.17, 15) is 18.9 Å². The Morgan fingerprint density at radius 2 is 2.14 bits per heavy atom. The van der Waals surface area contributed by atoms with Gasteiger partial charge in [0.05, 0.1) is 4.92 Å². The number of nitrogens with zero attached hydrogens (tertiary/aromatic N) is 1. The highest BCUT2D eigenvalue weighted by atomic mass is 32.2. The molecule has 0 saturated carbocycles. The lowest BCUT2D eigenvalue weighted by atomic mass is 10.1. The van der Waals surface area contributed by atoms with Crippen LogP contribution >= 0.6 is 0 Å². The molecule has 0 heterocycles. The van der Waals surface area contributed by atoms with Crippen molar-refractivity contribution in [2.75, 3.05) is 0 Å². The van der Waals surface area contributed by atoms with Crippen molar-refractivity contribution in [2.24, 2.45) is 0 Å². The largest absolute Gasteiger partial charge is 0.772 e. The molecule has 6 heteroatoms. The normalized spacial score (nSPS) is 12.4. The lowest BCUT2D eigenvalue weighted by molar-refractivity contribution is -0.385. The van der Waals surface area contributed by atoms with Crippen molar-refractivity contribution < 1.29 is 13.7 Å². The summed E-state index contributed by atoms with van der Waals surface area (Å²) in [5.41, 5.74) is 0.902. The van der Waals surface area contributed by atoms with Crippen molar-refractivity contribution in [3.8, 4) is 0 Å². The van der Waals surface area contributed by atoms with E-state index >= 15 is 0 Å². The maximum Gasteiger partial charge on any atom is 0.272 e. The Balaban J connectivity index is 3.06. The maximum absolute atomic E-state index is 10.5. The van der Waals surface area contributed by atoms with Gasteiger partial charge >= 0.3 is 0 Å². The monoisotopic (exact) mass is 214 g/mol. The summed E-state index contributed by atoms with van der Waals surface area (Å²) >= 11 is -2.22. The smallest absolute Gasteiger partial charge is 0.272 e. The Labute approximate surface area is 83.2 Å². The molecule has 0 N–H and O–H groups in total. The van der Waals surface area contributed by atoms with Crippen LogP contribution in [0.25, 0.3) is 0 Å². The Morgan fingerprint density at radius 1 is 1.50 bits per heavy atom. The molecule has 76 valence electrons. The molecule has 1 aromatic rings. The number of hydrogen-bond donors (Lipinski definition) is 0. The minimum absolute atomic E-state index is 0.0482. The zero-order valence-electron chi connectivity index (χ0n) is 7.43. The van der Waals surface area contributed by atoms with Crippen LogP contribution in [0.15, 0.2) is 18.2 Å². The van der Waals surface area contributed by atoms with E-state index in [4.69, 9.17) is 0 Å². The average Bonchev–Trinajstić information content (AvgIpc) is 2.07. The lowest BCUT2D eigenvalue weighted by Crippen LogP contribution is -1.97. The third kappa shape index (κ3) is 2.61. The SMILES string of the molecule is Cc1ccc(CS(=O)[O-])cc1[N+](=O)[O-]. The van der Waals surface area contributed by atoms with Gasteiger partial charge in [0.25, 0.3) is 5.69 Å². The highest BCUT2D eigenvalue weighted by molar-refractivity contribution is 7.78. The summed E-state index contributed by atoms with van der Waals surface area (Å²) in [6, 6.07) is 4.39. The first-order valence-corrected chi connectivity index (χ1v) is 5.05. The summed E-state index contributed by atoms with van der Waals surface area (Å²) in [5, 5.41) is 10.5. The third-order valence-corrected chi connectivity index (χ3v) is 2.32. The van der Waals surface area contributed by atoms with Crippen LogP contribution in [0, 0.1) is 17.0 Å². The number of hydrogen-bond acceptors (Lipinski definition) is 4. The Bertz CT molecular complexity index is 391. The number of nitro benzene ring substituents is 1. The lowest BCUT2D eigenvalue weighted by Gasteiger charge is -2.05. The van der Waals surface area contributed by atoms with Gasteiger partial charge in [0.2, 0.25) is 0 Å². The summed E-state index contributed by atoms with van der Waals surface area (Å²) in [4.78, 5) is 9.99. The summed E-state index contributed by atoms with van der Waals surface area (Å²) in [7, 11) is 0. The Hall–Kier alpha value is -1.27. The van der Waals surface area contributed by atoms with E-state index < -0.39 is 16.0 Å². The molecule has 0 aliphatic rings. The molecule has 0 aromatic heterocycles. The second-order valence-corrected chi connectivity index (χ2v) is 3.72. The van der Waals surface area contributed by atoms with Crippen LogP contribution in [0.3, 0.4) is 0 Å². The fourth-order valence-electron chi connectivity index (χ4n) is 1.08. The predicted molar refractivity (Wildman–Crippen MR) is 50.5 cm³/mol. The minimum atomic E-state index is -2.22. The molecule has 1 unspecified atom stereocenters. The van der Waals surface area contributed by atoms with E-state index in [1.54, 1.807) is 19.1 Å². The standard InChI is InChI=1S/C8H9NO4S/c1-6-2-3-7(5-14(12)13)4-8(6)9(10)11/h2-4H,5H2,1H3,(H,12,13)/p-1. The van der Waals surface area contributed by atoms with Crippen LogP contribution in [-0.2, 0) is 16.8 Å². The van der Waals surface area contributed by atoms with Crippen molar-refractivity contribution in [1.29, 1.82) is 0 Å². The fourth-order valence-corrected chi connectivity index (χ4v) is 1.53. The zero-order valence-corrected chi connectivity index (χ0v) is 8.24. The van der Waals surface area contributed by atoms with Crippen LogP contribution in [0.2, 0.25) is 0 Å². The number of nitro groups is 1. The van der Waals surface area contributed by atoms with Gasteiger partial charge in [-0.3, -0.25) is 14.3 Å².